The van der Waals surface area contributed by atoms with Crippen molar-refractivity contribution in [3.8, 4) is 0 Å². The predicted molar refractivity (Wildman–Crippen MR) is 79.1 cm³/mol. The fraction of sp³-hybridized carbons (Fsp3) is 0.200. The summed E-state index contributed by atoms with van der Waals surface area (Å²) in [5.74, 6) is -1.19. The predicted octanol–water partition coefficient (Wildman–Crippen LogP) is 3.57. The maximum Gasteiger partial charge on any atom is 0.345 e. The lowest BCUT2D eigenvalue weighted by Gasteiger charge is -1.98. The van der Waals surface area contributed by atoms with E-state index in [2.05, 4.69) is 0 Å². The van der Waals surface area contributed by atoms with Crippen LogP contribution in [0.1, 0.15) is 28.6 Å². The Labute approximate surface area is 120 Å². The molecule has 4 nitrogen and oxygen atoms in total. The fourth-order valence-corrected chi connectivity index (χ4v) is 2.77. The minimum absolute atomic E-state index is 0.208. The molecular formula is C15H14O4S. The molecule has 0 fully saturated rings. The van der Waals surface area contributed by atoms with Gasteiger partial charge in [-0.3, -0.25) is 4.79 Å². The first-order chi connectivity index (χ1) is 9.61. The maximum atomic E-state index is 11.2. The smallest absolute Gasteiger partial charge is 0.345 e. The molecule has 104 valence electrons. The standard InChI is InChI=1S/C15H14O4S/c1-2-19-14(16)8-4-6-10-5-3-7-12-11(10)9-13(20-12)15(17)18/h3-7,9H,2,8H2,1H3,(H,17,18). The number of hydrogen-bond acceptors (Lipinski definition) is 4. The summed E-state index contributed by atoms with van der Waals surface area (Å²) in [7, 11) is 0. The van der Waals surface area contributed by atoms with E-state index in [9.17, 15) is 9.59 Å². The monoisotopic (exact) mass is 290 g/mol. The van der Waals surface area contributed by atoms with E-state index in [1.165, 1.54) is 11.3 Å². The Bertz CT molecular complexity index is 670. The number of ether oxygens (including phenoxy) is 1. The van der Waals surface area contributed by atoms with Crippen LogP contribution in [0, 0.1) is 0 Å². The molecule has 0 aliphatic rings. The average molecular weight is 290 g/mol. The Kier molecular flexibility index (Phi) is 4.53. The van der Waals surface area contributed by atoms with Crippen molar-refractivity contribution in [2.75, 3.05) is 6.61 Å². The molecule has 2 rings (SSSR count). The van der Waals surface area contributed by atoms with Gasteiger partial charge >= 0.3 is 11.9 Å². The van der Waals surface area contributed by atoms with Crippen LogP contribution in [-0.4, -0.2) is 23.7 Å². The van der Waals surface area contributed by atoms with Crippen molar-refractivity contribution < 1.29 is 19.4 Å². The van der Waals surface area contributed by atoms with E-state index in [0.29, 0.717) is 11.5 Å². The molecule has 2 aromatic rings. The van der Waals surface area contributed by atoms with Crippen LogP contribution in [0.25, 0.3) is 16.2 Å². The van der Waals surface area contributed by atoms with Gasteiger partial charge in [0.1, 0.15) is 4.88 Å². The van der Waals surface area contributed by atoms with Crippen LogP contribution < -0.4 is 0 Å². The molecule has 0 saturated heterocycles. The Balaban J connectivity index is 2.23. The van der Waals surface area contributed by atoms with Crippen molar-refractivity contribution >= 4 is 39.4 Å². The van der Waals surface area contributed by atoms with Crippen LogP contribution in [0.3, 0.4) is 0 Å². The molecule has 1 aromatic heterocycles. The van der Waals surface area contributed by atoms with Gasteiger partial charge in [0.2, 0.25) is 0 Å². The summed E-state index contributed by atoms with van der Waals surface area (Å²) in [5, 5.41) is 9.90. The van der Waals surface area contributed by atoms with Crippen molar-refractivity contribution in [3.05, 3.63) is 40.8 Å². The van der Waals surface area contributed by atoms with Gasteiger partial charge in [-0.2, -0.15) is 0 Å². The van der Waals surface area contributed by atoms with Crippen molar-refractivity contribution in [1.29, 1.82) is 0 Å². The lowest BCUT2D eigenvalue weighted by Crippen LogP contribution is -2.01. The minimum Gasteiger partial charge on any atom is -0.477 e. The Morgan fingerprint density at radius 1 is 1.40 bits per heavy atom. The molecular weight excluding hydrogens is 276 g/mol. The highest BCUT2D eigenvalue weighted by atomic mass is 32.1. The summed E-state index contributed by atoms with van der Waals surface area (Å²) in [6.45, 7) is 2.13. The van der Waals surface area contributed by atoms with E-state index in [-0.39, 0.29) is 12.4 Å². The molecule has 1 heterocycles. The molecule has 0 aliphatic heterocycles. The van der Waals surface area contributed by atoms with Crippen molar-refractivity contribution in [2.24, 2.45) is 0 Å². The zero-order valence-corrected chi connectivity index (χ0v) is 11.8. The number of carboxylic acids is 1. The number of esters is 1. The third kappa shape index (κ3) is 3.24. The van der Waals surface area contributed by atoms with Gasteiger partial charge in [0.25, 0.3) is 0 Å². The zero-order valence-electron chi connectivity index (χ0n) is 11.0. The van der Waals surface area contributed by atoms with E-state index >= 15 is 0 Å². The highest BCUT2D eigenvalue weighted by molar-refractivity contribution is 7.20. The summed E-state index contributed by atoms with van der Waals surface area (Å²) in [6.07, 6.45) is 3.75. The van der Waals surface area contributed by atoms with Gasteiger partial charge < -0.3 is 9.84 Å². The molecule has 0 radical (unpaired) electrons. The maximum absolute atomic E-state index is 11.2. The van der Waals surface area contributed by atoms with Gasteiger partial charge in [-0.15, -0.1) is 11.3 Å². The number of rotatable bonds is 5. The van der Waals surface area contributed by atoms with Crippen LogP contribution in [0.4, 0.5) is 0 Å². The molecule has 0 bridgehead atoms. The number of thiophene rings is 1. The third-order valence-electron chi connectivity index (χ3n) is 2.69. The zero-order chi connectivity index (χ0) is 14.5. The Hall–Kier alpha value is -2.14. The molecule has 0 amide bonds. The average Bonchev–Trinajstić information content (AvgIpc) is 2.84. The number of carbonyl (C=O) groups excluding carboxylic acids is 1. The minimum atomic E-state index is -0.923. The lowest BCUT2D eigenvalue weighted by molar-refractivity contribution is -0.142. The molecule has 0 saturated carbocycles. The highest BCUT2D eigenvalue weighted by Crippen LogP contribution is 2.29. The molecule has 1 aromatic carbocycles. The second-order valence-corrected chi connectivity index (χ2v) is 5.17. The van der Waals surface area contributed by atoms with Gasteiger partial charge in [-0.25, -0.2) is 4.79 Å². The number of aromatic carboxylic acids is 1. The van der Waals surface area contributed by atoms with Gasteiger partial charge in [0.05, 0.1) is 13.0 Å². The Morgan fingerprint density at radius 3 is 2.90 bits per heavy atom. The largest absolute Gasteiger partial charge is 0.477 e. The van der Waals surface area contributed by atoms with Crippen LogP contribution in [0.5, 0.6) is 0 Å². The lowest BCUT2D eigenvalue weighted by atomic mass is 10.1. The van der Waals surface area contributed by atoms with E-state index < -0.39 is 5.97 Å². The van der Waals surface area contributed by atoms with Gasteiger partial charge in [0, 0.05) is 10.1 Å². The molecule has 20 heavy (non-hydrogen) atoms. The SMILES string of the molecule is CCOC(=O)CC=Cc1cccc2sc(C(=O)O)cc12. The van der Waals surface area contributed by atoms with E-state index in [0.717, 1.165) is 15.6 Å². The van der Waals surface area contributed by atoms with E-state index in [4.69, 9.17) is 9.84 Å². The molecule has 0 aliphatic carbocycles. The van der Waals surface area contributed by atoms with Crippen LogP contribution in [0.15, 0.2) is 30.3 Å². The number of carboxylic acid groups (broad SMARTS) is 1. The molecule has 0 unspecified atom stereocenters. The molecule has 5 heteroatoms. The van der Waals surface area contributed by atoms with E-state index in [1.807, 2.05) is 24.3 Å². The first kappa shape index (κ1) is 14.3. The molecule has 0 atom stereocenters. The number of carbonyl (C=O) groups is 2. The van der Waals surface area contributed by atoms with E-state index in [1.54, 1.807) is 19.1 Å². The highest BCUT2D eigenvalue weighted by Gasteiger charge is 2.09. The summed E-state index contributed by atoms with van der Waals surface area (Å²) in [4.78, 5) is 22.5. The Morgan fingerprint density at radius 2 is 2.20 bits per heavy atom. The van der Waals surface area contributed by atoms with Gasteiger partial charge in [-0.1, -0.05) is 24.3 Å². The number of benzene rings is 1. The second-order valence-electron chi connectivity index (χ2n) is 4.09. The van der Waals surface area contributed by atoms with Gasteiger partial charge in [0.15, 0.2) is 0 Å². The summed E-state index contributed by atoms with van der Waals surface area (Å²) >= 11 is 1.24. The molecule has 0 spiro atoms. The summed E-state index contributed by atoms with van der Waals surface area (Å²) in [5.41, 5.74) is 0.899. The third-order valence-corrected chi connectivity index (χ3v) is 3.78. The topological polar surface area (TPSA) is 63.6 Å². The first-order valence-electron chi connectivity index (χ1n) is 6.20. The van der Waals surface area contributed by atoms with Crippen molar-refractivity contribution in [3.63, 3.8) is 0 Å². The van der Waals surface area contributed by atoms with Crippen LogP contribution >= 0.6 is 11.3 Å². The first-order valence-corrected chi connectivity index (χ1v) is 7.01. The van der Waals surface area contributed by atoms with Crippen LogP contribution in [-0.2, 0) is 9.53 Å². The quantitative estimate of drug-likeness (QED) is 0.855. The summed E-state index contributed by atoms with van der Waals surface area (Å²) in [6, 6.07) is 7.30. The van der Waals surface area contributed by atoms with Crippen molar-refractivity contribution in [1.82, 2.24) is 0 Å². The number of fused-ring (bicyclic) bond motifs is 1. The second kappa shape index (κ2) is 6.34. The normalized spacial score (nSPS) is 11.1. The molecule has 1 N–H and O–H groups in total. The fourth-order valence-electron chi connectivity index (χ4n) is 1.84. The number of hydrogen-bond donors (Lipinski definition) is 1. The van der Waals surface area contributed by atoms with Gasteiger partial charge in [-0.05, 0) is 24.6 Å². The summed E-state index contributed by atoms with van der Waals surface area (Å²) < 4.78 is 5.75. The van der Waals surface area contributed by atoms with Crippen molar-refractivity contribution in [2.45, 2.75) is 13.3 Å². The van der Waals surface area contributed by atoms with Crippen LogP contribution in [0.2, 0.25) is 0 Å².